The van der Waals surface area contributed by atoms with Crippen molar-refractivity contribution in [2.24, 2.45) is 0 Å². The number of hydrogen-bond donors (Lipinski definition) is 1. The fourth-order valence-electron chi connectivity index (χ4n) is 2.33. The Morgan fingerprint density at radius 1 is 1.44 bits per heavy atom. The number of carbonyl (C=O) groups is 1. The van der Waals surface area contributed by atoms with E-state index in [-0.39, 0.29) is 5.91 Å². The van der Waals surface area contributed by atoms with Crippen molar-refractivity contribution in [2.45, 2.75) is 19.9 Å². The molecule has 94 valence electrons. The van der Waals surface area contributed by atoms with Crippen LogP contribution in [0.15, 0.2) is 18.2 Å². The third-order valence-electron chi connectivity index (χ3n) is 3.28. The molecule has 0 aliphatic carbocycles. The first-order chi connectivity index (χ1) is 8.63. The van der Waals surface area contributed by atoms with Gasteiger partial charge in [0.2, 0.25) is 5.91 Å². The maximum atomic E-state index is 11.9. The molecule has 2 rings (SSSR count). The fraction of sp³-hybridized carbons (Fsp3) is 0.429. The summed E-state index contributed by atoms with van der Waals surface area (Å²) < 4.78 is 0. The number of hydrogen-bond acceptors (Lipinski definition) is 3. The molecule has 1 saturated heterocycles. The molecule has 1 N–H and O–H groups in total. The minimum absolute atomic E-state index is 0.00669. The Labute approximate surface area is 107 Å². The van der Waals surface area contributed by atoms with Gasteiger partial charge in [0.05, 0.1) is 12.6 Å². The molecular formula is C14H17N3O. The molecule has 4 nitrogen and oxygen atoms in total. The van der Waals surface area contributed by atoms with E-state index in [9.17, 15) is 10.1 Å². The van der Waals surface area contributed by atoms with Crippen LogP contribution >= 0.6 is 0 Å². The van der Waals surface area contributed by atoms with Crippen LogP contribution < -0.4 is 5.32 Å². The number of benzene rings is 1. The van der Waals surface area contributed by atoms with Crippen LogP contribution in [0.25, 0.3) is 0 Å². The van der Waals surface area contributed by atoms with Crippen molar-refractivity contribution in [3.05, 3.63) is 34.9 Å². The second-order valence-corrected chi connectivity index (χ2v) is 4.66. The van der Waals surface area contributed by atoms with Crippen LogP contribution in [-0.4, -0.2) is 30.4 Å². The van der Waals surface area contributed by atoms with Crippen molar-refractivity contribution in [3.63, 3.8) is 0 Å². The van der Waals surface area contributed by atoms with Crippen molar-refractivity contribution >= 4 is 5.91 Å². The van der Waals surface area contributed by atoms with Gasteiger partial charge in [-0.05, 0) is 25.0 Å². The summed E-state index contributed by atoms with van der Waals surface area (Å²) in [6, 6.07) is 7.77. The van der Waals surface area contributed by atoms with E-state index in [0.717, 1.165) is 17.7 Å². The van der Waals surface area contributed by atoms with Gasteiger partial charge in [-0.1, -0.05) is 23.8 Å². The number of aryl methyl sites for hydroxylation is 2. The molecule has 0 spiro atoms. The smallest absolute Gasteiger partial charge is 0.237 e. The van der Waals surface area contributed by atoms with E-state index in [1.807, 2.05) is 32.0 Å². The molecule has 1 fully saturated rings. The van der Waals surface area contributed by atoms with Crippen LogP contribution in [0, 0.1) is 25.2 Å². The second kappa shape index (κ2) is 5.19. The summed E-state index contributed by atoms with van der Waals surface area (Å²) >= 11 is 0. The van der Waals surface area contributed by atoms with Gasteiger partial charge in [0.15, 0.2) is 0 Å². The number of nitrogens with zero attached hydrogens (tertiary/aromatic N) is 2. The van der Waals surface area contributed by atoms with E-state index in [0.29, 0.717) is 13.1 Å². The summed E-state index contributed by atoms with van der Waals surface area (Å²) in [6.07, 6.45) is 0. The molecule has 0 aromatic heterocycles. The molecule has 1 aliphatic heterocycles. The molecule has 0 bridgehead atoms. The van der Waals surface area contributed by atoms with Gasteiger partial charge in [0.25, 0.3) is 0 Å². The fourth-order valence-corrected chi connectivity index (χ4v) is 2.33. The van der Waals surface area contributed by atoms with Crippen LogP contribution in [0.2, 0.25) is 0 Å². The summed E-state index contributed by atoms with van der Waals surface area (Å²) in [4.78, 5) is 13.5. The Morgan fingerprint density at radius 3 is 2.83 bits per heavy atom. The summed E-state index contributed by atoms with van der Waals surface area (Å²) in [6.45, 7) is 5.66. The predicted octanol–water partition coefficient (Wildman–Crippen LogP) is 1.30. The van der Waals surface area contributed by atoms with Crippen LogP contribution in [0.3, 0.4) is 0 Å². The van der Waals surface area contributed by atoms with Crippen LogP contribution in [0.1, 0.15) is 22.7 Å². The Kier molecular flexibility index (Phi) is 3.63. The highest BCUT2D eigenvalue weighted by Crippen LogP contribution is 2.24. The first kappa shape index (κ1) is 12.6. The van der Waals surface area contributed by atoms with Crippen molar-refractivity contribution in [1.82, 2.24) is 10.2 Å². The molecule has 1 amide bonds. The van der Waals surface area contributed by atoms with Gasteiger partial charge in [-0.2, -0.15) is 5.26 Å². The van der Waals surface area contributed by atoms with E-state index in [1.165, 1.54) is 5.56 Å². The second-order valence-electron chi connectivity index (χ2n) is 4.66. The molecule has 1 aromatic rings. The average molecular weight is 243 g/mol. The number of nitrogens with one attached hydrogen (secondary N) is 1. The SMILES string of the molecule is Cc1ccc(C(C#N)N2CCNCC2=O)c(C)c1. The van der Waals surface area contributed by atoms with Gasteiger partial charge in [-0.15, -0.1) is 0 Å². The maximum absolute atomic E-state index is 11.9. The zero-order chi connectivity index (χ0) is 13.1. The first-order valence-electron chi connectivity index (χ1n) is 6.10. The lowest BCUT2D eigenvalue weighted by atomic mass is 9.98. The van der Waals surface area contributed by atoms with Gasteiger partial charge < -0.3 is 10.2 Å². The molecule has 0 saturated carbocycles. The Hall–Kier alpha value is -1.86. The lowest BCUT2D eigenvalue weighted by Gasteiger charge is -2.32. The lowest BCUT2D eigenvalue weighted by molar-refractivity contribution is -0.133. The summed E-state index contributed by atoms with van der Waals surface area (Å²) in [5.41, 5.74) is 3.16. The van der Waals surface area contributed by atoms with Gasteiger partial charge in [0, 0.05) is 13.1 Å². The third kappa shape index (κ3) is 2.36. The summed E-state index contributed by atoms with van der Waals surface area (Å²) in [5.74, 6) is -0.00669. The highest BCUT2D eigenvalue weighted by Gasteiger charge is 2.27. The van der Waals surface area contributed by atoms with E-state index in [1.54, 1.807) is 4.90 Å². The largest absolute Gasteiger partial charge is 0.320 e. The first-order valence-corrected chi connectivity index (χ1v) is 6.10. The van der Waals surface area contributed by atoms with E-state index >= 15 is 0 Å². The average Bonchev–Trinajstić information content (AvgIpc) is 2.34. The lowest BCUT2D eigenvalue weighted by Crippen LogP contribution is -2.49. The van der Waals surface area contributed by atoms with Crippen molar-refractivity contribution < 1.29 is 4.79 Å². The molecule has 4 heteroatoms. The van der Waals surface area contributed by atoms with E-state index < -0.39 is 6.04 Å². The summed E-state index contributed by atoms with van der Waals surface area (Å²) in [5, 5.41) is 12.4. The Bertz CT molecular complexity index is 504. The number of nitriles is 1. The number of piperazine rings is 1. The quantitative estimate of drug-likeness (QED) is 0.851. The zero-order valence-electron chi connectivity index (χ0n) is 10.7. The van der Waals surface area contributed by atoms with Gasteiger partial charge >= 0.3 is 0 Å². The minimum atomic E-state index is -0.472. The van der Waals surface area contributed by atoms with E-state index in [2.05, 4.69) is 11.4 Å². The van der Waals surface area contributed by atoms with Crippen molar-refractivity contribution in [1.29, 1.82) is 5.26 Å². The van der Waals surface area contributed by atoms with Crippen LogP contribution in [0.5, 0.6) is 0 Å². The van der Waals surface area contributed by atoms with Crippen LogP contribution in [-0.2, 0) is 4.79 Å². The monoisotopic (exact) mass is 243 g/mol. The van der Waals surface area contributed by atoms with Crippen molar-refractivity contribution in [2.75, 3.05) is 19.6 Å². The molecule has 1 atom stereocenters. The zero-order valence-corrected chi connectivity index (χ0v) is 10.7. The van der Waals surface area contributed by atoms with Crippen LogP contribution in [0.4, 0.5) is 0 Å². The highest BCUT2D eigenvalue weighted by atomic mass is 16.2. The Balaban J connectivity index is 2.33. The maximum Gasteiger partial charge on any atom is 0.237 e. The normalized spacial score (nSPS) is 17.4. The van der Waals surface area contributed by atoms with E-state index in [4.69, 9.17) is 0 Å². The third-order valence-corrected chi connectivity index (χ3v) is 3.28. The topological polar surface area (TPSA) is 56.1 Å². The Morgan fingerprint density at radius 2 is 2.22 bits per heavy atom. The molecular weight excluding hydrogens is 226 g/mol. The molecule has 1 aliphatic rings. The van der Waals surface area contributed by atoms with Gasteiger partial charge in [-0.3, -0.25) is 4.79 Å². The minimum Gasteiger partial charge on any atom is -0.320 e. The van der Waals surface area contributed by atoms with Gasteiger partial charge in [0.1, 0.15) is 6.04 Å². The molecule has 18 heavy (non-hydrogen) atoms. The molecule has 0 radical (unpaired) electrons. The van der Waals surface area contributed by atoms with Crippen molar-refractivity contribution in [3.8, 4) is 6.07 Å². The number of rotatable bonds is 2. The standard InChI is InChI=1S/C14H17N3O/c1-10-3-4-12(11(2)7-10)13(8-15)17-6-5-16-9-14(17)18/h3-4,7,13,16H,5-6,9H2,1-2H3. The predicted molar refractivity (Wildman–Crippen MR) is 68.9 cm³/mol. The number of amides is 1. The molecule has 1 aromatic carbocycles. The highest BCUT2D eigenvalue weighted by molar-refractivity contribution is 5.80. The number of carbonyl (C=O) groups excluding carboxylic acids is 1. The summed E-state index contributed by atoms with van der Waals surface area (Å²) in [7, 11) is 0. The van der Waals surface area contributed by atoms with Gasteiger partial charge in [-0.25, -0.2) is 0 Å². The molecule has 1 unspecified atom stereocenters. The molecule has 1 heterocycles.